The average molecular weight is 475 g/mol. The second kappa shape index (κ2) is 10.4. The standard InChI is InChI=1S/C23H23ClN2O5S/c1-16-3-5-17(6-4-16)14-25-23(27)15-31-22-12-11-20(13-21(22)24)32(28,29)26-18-7-9-19(30-2)10-8-18/h3-13,26H,14-15H2,1-2H3,(H,25,27). The summed E-state index contributed by atoms with van der Waals surface area (Å²) in [6.07, 6.45) is 0. The molecule has 3 aromatic rings. The molecule has 0 spiro atoms. The first kappa shape index (κ1) is 23.4. The molecule has 0 heterocycles. The number of carbonyl (C=O) groups is 1. The molecule has 0 bridgehead atoms. The van der Waals surface area contributed by atoms with Gasteiger partial charge in [0.15, 0.2) is 6.61 Å². The Bertz CT molecular complexity index is 1180. The highest BCUT2D eigenvalue weighted by Gasteiger charge is 2.17. The van der Waals surface area contributed by atoms with Gasteiger partial charge in [0.05, 0.1) is 17.0 Å². The van der Waals surface area contributed by atoms with Crippen molar-refractivity contribution < 1.29 is 22.7 Å². The highest BCUT2D eigenvalue weighted by molar-refractivity contribution is 7.92. The van der Waals surface area contributed by atoms with E-state index in [1.807, 2.05) is 31.2 Å². The average Bonchev–Trinajstić information content (AvgIpc) is 2.78. The predicted molar refractivity (Wildman–Crippen MR) is 124 cm³/mol. The Kier molecular flexibility index (Phi) is 7.61. The minimum absolute atomic E-state index is 0.0329. The second-order valence-electron chi connectivity index (χ2n) is 6.98. The number of carbonyl (C=O) groups excluding carboxylic acids is 1. The molecule has 0 unspecified atom stereocenters. The summed E-state index contributed by atoms with van der Waals surface area (Å²) in [6.45, 7) is 2.12. The van der Waals surface area contributed by atoms with Crippen LogP contribution in [0, 0.1) is 6.92 Å². The van der Waals surface area contributed by atoms with Crippen molar-refractivity contribution in [3.8, 4) is 11.5 Å². The lowest BCUT2D eigenvalue weighted by Gasteiger charge is -2.12. The number of halogens is 1. The third-order valence-electron chi connectivity index (χ3n) is 4.52. The summed E-state index contributed by atoms with van der Waals surface area (Å²) < 4.78 is 38.2. The van der Waals surface area contributed by atoms with Gasteiger partial charge in [-0.3, -0.25) is 9.52 Å². The molecule has 1 amide bonds. The molecule has 32 heavy (non-hydrogen) atoms. The number of rotatable bonds is 9. The lowest BCUT2D eigenvalue weighted by atomic mass is 10.1. The van der Waals surface area contributed by atoms with Crippen LogP contribution in [0.5, 0.6) is 11.5 Å². The van der Waals surface area contributed by atoms with Crippen LogP contribution in [0.4, 0.5) is 5.69 Å². The van der Waals surface area contributed by atoms with Crippen molar-refractivity contribution >= 4 is 33.2 Å². The Labute approximate surface area is 192 Å². The Morgan fingerprint density at radius 2 is 1.69 bits per heavy atom. The fourth-order valence-electron chi connectivity index (χ4n) is 2.74. The van der Waals surface area contributed by atoms with Crippen LogP contribution in [0.2, 0.25) is 5.02 Å². The van der Waals surface area contributed by atoms with Crippen molar-refractivity contribution in [1.29, 1.82) is 0 Å². The van der Waals surface area contributed by atoms with Gasteiger partial charge in [0.2, 0.25) is 0 Å². The van der Waals surface area contributed by atoms with Crippen molar-refractivity contribution in [2.24, 2.45) is 0 Å². The van der Waals surface area contributed by atoms with E-state index in [4.69, 9.17) is 21.1 Å². The smallest absolute Gasteiger partial charge is 0.261 e. The van der Waals surface area contributed by atoms with Crippen LogP contribution in [0.25, 0.3) is 0 Å². The second-order valence-corrected chi connectivity index (χ2v) is 9.07. The molecule has 0 fully saturated rings. The number of ether oxygens (including phenoxy) is 2. The predicted octanol–water partition coefficient (Wildman–Crippen LogP) is 4.15. The molecular weight excluding hydrogens is 452 g/mol. The van der Waals surface area contributed by atoms with Crippen molar-refractivity contribution in [2.75, 3.05) is 18.4 Å². The molecule has 0 radical (unpaired) electrons. The van der Waals surface area contributed by atoms with E-state index in [9.17, 15) is 13.2 Å². The molecule has 0 aliphatic carbocycles. The minimum atomic E-state index is -3.86. The van der Waals surface area contributed by atoms with E-state index in [1.54, 1.807) is 24.3 Å². The molecule has 0 aliphatic heterocycles. The summed E-state index contributed by atoms with van der Waals surface area (Å²) >= 11 is 6.18. The molecular formula is C23H23ClN2O5S. The topological polar surface area (TPSA) is 93.7 Å². The highest BCUT2D eigenvalue weighted by atomic mass is 35.5. The maximum atomic E-state index is 12.6. The molecule has 2 N–H and O–H groups in total. The SMILES string of the molecule is COc1ccc(NS(=O)(=O)c2ccc(OCC(=O)NCc3ccc(C)cc3)c(Cl)c2)cc1. The monoisotopic (exact) mass is 474 g/mol. The molecule has 0 aliphatic rings. The van der Waals surface area contributed by atoms with Crippen LogP contribution in [0.3, 0.4) is 0 Å². The Morgan fingerprint density at radius 3 is 2.31 bits per heavy atom. The van der Waals surface area contributed by atoms with Gasteiger partial charge in [-0.15, -0.1) is 0 Å². The van der Waals surface area contributed by atoms with Crippen LogP contribution < -0.4 is 19.5 Å². The van der Waals surface area contributed by atoms with Gasteiger partial charge < -0.3 is 14.8 Å². The fourth-order valence-corrected chi connectivity index (χ4v) is 4.12. The number of hydrogen-bond donors (Lipinski definition) is 2. The van der Waals surface area contributed by atoms with Gasteiger partial charge in [-0.2, -0.15) is 0 Å². The number of hydrogen-bond acceptors (Lipinski definition) is 5. The van der Waals surface area contributed by atoms with Gasteiger partial charge in [-0.25, -0.2) is 8.42 Å². The minimum Gasteiger partial charge on any atom is -0.497 e. The van der Waals surface area contributed by atoms with Gasteiger partial charge in [0.1, 0.15) is 11.5 Å². The van der Waals surface area contributed by atoms with Gasteiger partial charge in [-0.05, 0) is 55.0 Å². The van der Waals surface area contributed by atoms with E-state index in [1.165, 1.54) is 25.3 Å². The third-order valence-corrected chi connectivity index (χ3v) is 6.20. The van der Waals surface area contributed by atoms with Gasteiger partial charge in [0, 0.05) is 12.2 Å². The zero-order valence-corrected chi connectivity index (χ0v) is 19.2. The van der Waals surface area contributed by atoms with E-state index >= 15 is 0 Å². The molecule has 0 saturated heterocycles. The number of aryl methyl sites for hydroxylation is 1. The molecule has 168 valence electrons. The zero-order chi connectivity index (χ0) is 23.1. The van der Waals surface area contributed by atoms with Gasteiger partial charge >= 0.3 is 0 Å². The number of amides is 1. The summed E-state index contributed by atoms with van der Waals surface area (Å²) in [6, 6.07) is 18.3. The van der Waals surface area contributed by atoms with E-state index in [-0.39, 0.29) is 28.2 Å². The first-order valence-corrected chi connectivity index (χ1v) is 11.5. The molecule has 0 saturated carbocycles. The molecule has 3 aromatic carbocycles. The van der Waals surface area contributed by atoms with Crippen molar-refractivity contribution in [2.45, 2.75) is 18.4 Å². The maximum Gasteiger partial charge on any atom is 0.261 e. The molecule has 0 atom stereocenters. The summed E-state index contributed by atoms with van der Waals surface area (Å²) in [7, 11) is -2.33. The van der Waals surface area contributed by atoms with Crippen molar-refractivity contribution in [1.82, 2.24) is 5.32 Å². The van der Waals surface area contributed by atoms with E-state index in [2.05, 4.69) is 10.0 Å². The fraction of sp³-hybridized carbons (Fsp3) is 0.174. The summed E-state index contributed by atoms with van der Waals surface area (Å²) in [4.78, 5) is 12.0. The molecule has 7 nitrogen and oxygen atoms in total. The van der Waals surface area contributed by atoms with E-state index in [0.717, 1.165) is 11.1 Å². The Morgan fingerprint density at radius 1 is 1.00 bits per heavy atom. The summed E-state index contributed by atoms with van der Waals surface area (Å²) in [5, 5.41) is 2.84. The zero-order valence-electron chi connectivity index (χ0n) is 17.6. The van der Waals surface area contributed by atoms with Crippen LogP contribution >= 0.6 is 11.6 Å². The van der Waals surface area contributed by atoms with E-state index in [0.29, 0.717) is 18.0 Å². The molecule has 0 aromatic heterocycles. The van der Waals surface area contributed by atoms with Gasteiger partial charge in [0.25, 0.3) is 15.9 Å². The van der Waals surface area contributed by atoms with Crippen LogP contribution in [-0.4, -0.2) is 28.0 Å². The number of sulfonamides is 1. The normalized spacial score (nSPS) is 11.0. The maximum absolute atomic E-state index is 12.6. The first-order valence-electron chi connectivity index (χ1n) is 9.68. The van der Waals surface area contributed by atoms with Crippen molar-refractivity contribution in [3.63, 3.8) is 0 Å². The van der Waals surface area contributed by atoms with Crippen LogP contribution in [0.1, 0.15) is 11.1 Å². The summed E-state index contributed by atoms with van der Waals surface area (Å²) in [5.41, 5.74) is 2.50. The first-order chi connectivity index (χ1) is 15.3. The Hall–Kier alpha value is -3.23. The lowest BCUT2D eigenvalue weighted by Crippen LogP contribution is -2.28. The highest BCUT2D eigenvalue weighted by Crippen LogP contribution is 2.28. The third kappa shape index (κ3) is 6.38. The quantitative estimate of drug-likeness (QED) is 0.486. The number of methoxy groups -OCH3 is 1. The van der Waals surface area contributed by atoms with Crippen LogP contribution in [0.15, 0.2) is 71.6 Å². The lowest BCUT2D eigenvalue weighted by molar-refractivity contribution is -0.123. The van der Waals surface area contributed by atoms with Gasteiger partial charge in [-0.1, -0.05) is 41.4 Å². The molecule has 9 heteroatoms. The number of anilines is 1. The van der Waals surface area contributed by atoms with Crippen molar-refractivity contribution in [3.05, 3.63) is 82.9 Å². The molecule has 3 rings (SSSR count). The van der Waals surface area contributed by atoms with E-state index < -0.39 is 10.0 Å². The largest absolute Gasteiger partial charge is 0.497 e. The summed E-state index contributed by atoms with van der Waals surface area (Å²) in [5.74, 6) is 0.500. The number of nitrogens with one attached hydrogen (secondary N) is 2. The number of benzene rings is 3. The van der Waals surface area contributed by atoms with Crippen LogP contribution in [-0.2, 0) is 21.4 Å². The Balaban J connectivity index is 1.57.